The molecule has 0 spiro atoms. The van der Waals surface area contributed by atoms with Crippen LogP contribution in [0, 0.1) is 23.2 Å². The maximum atomic E-state index is 12.8. The third-order valence-corrected chi connectivity index (χ3v) is 5.32. The zero-order valence-electron chi connectivity index (χ0n) is 16.0. The van der Waals surface area contributed by atoms with Crippen LogP contribution in [-0.2, 0) is 4.79 Å². The lowest BCUT2D eigenvalue weighted by atomic mass is 9.88. The smallest absolute Gasteiger partial charge is 0.270 e. The van der Waals surface area contributed by atoms with E-state index in [2.05, 4.69) is 51.4 Å². The van der Waals surface area contributed by atoms with E-state index in [1.165, 1.54) is 5.57 Å². The molecule has 1 aromatic heterocycles. The Kier molecular flexibility index (Phi) is 4.78. The van der Waals surface area contributed by atoms with E-state index in [1.54, 1.807) is 12.1 Å². The summed E-state index contributed by atoms with van der Waals surface area (Å²) in [6.45, 7) is 5.77. The van der Waals surface area contributed by atoms with Gasteiger partial charge in [-0.1, -0.05) is 32.1 Å². The molecule has 28 heavy (non-hydrogen) atoms. The maximum Gasteiger partial charge on any atom is 0.270 e. The molecule has 1 fully saturated rings. The van der Waals surface area contributed by atoms with Crippen LogP contribution in [0.1, 0.15) is 26.0 Å². The predicted molar refractivity (Wildman–Crippen MR) is 107 cm³/mol. The molecule has 3 heterocycles. The minimum absolute atomic E-state index is 0.0293. The molecule has 1 unspecified atom stereocenters. The molecule has 0 aromatic carbocycles. The standard InChI is InChI=1S/C21H22N6O/c1-13(2)14-3-5-18-15(9-14)11-23-20(18)21(28)24-17-7-8-27(12-17)19-6-4-16(10-22)25-26-19/h3-6,9,11,13,15,17H,7-8,12H2,1-2H3,(H,24,28)/t15?,17-/m0/s1. The van der Waals surface area contributed by atoms with E-state index in [-0.39, 0.29) is 17.9 Å². The van der Waals surface area contributed by atoms with E-state index in [0.29, 0.717) is 23.9 Å². The van der Waals surface area contributed by atoms with Crippen molar-refractivity contribution in [3.8, 4) is 6.07 Å². The number of carbonyl (C=O) groups is 1. The molecule has 1 N–H and O–H groups in total. The van der Waals surface area contributed by atoms with Crippen molar-refractivity contribution in [3.05, 3.63) is 52.9 Å². The Morgan fingerprint density at radius 3 is 2.89 bits per heavy atom. The maximum absolute atomic E-state index is 12.8. The van der Waals surface area contributed by atoms with Crippen molar-refractivity contribution >= 4 is 17.9 Å². The molecule has 1 saturated heterocycles. The molecule has 142 valence electrons. The first-order chi connectivity index (χ1) is 13.5. The van der Waals surface area contributed by atoms with Crippen LogP contribution in [0.3, 0.4) is 0 Å². The van der Waals surface area contributed by atoms with Gasteiger partial charge in [-0.2, -0.15) is 5.26 Å². The van der Waals surface area contributed by atoms with E-state index >= 15 is 0 Å². The van der Waals surface area contributed by atoms with Crippen LogP contribution in [0.2, 0.25) is 0 Å². The Morgan fingerprint density at radius 2 is 2.18 bits per heavy atom. The van der Waals surface area contributed by atoms with Gasteiger partial charge < -0.3 is 10.2 Å². The molecular weight excluding hydrogens is 352 g/mol. The molecule has 1 aliphatic carbocycles. The zero-order chi connectivity index (χ0) is 19.7. The first kappa shape index (κ1) is 18.1. The Bertz CT molecular complexity index is 948. The lowest BCUT2D eigenvalue weighted by molar-refractivity contribution is -0.118. The van der Waals surface area contributed by atoms with Gasteiger partial charge >= 0.3 is 0 Å². The fraction of sp³-hybridized carbons (Fsp3) is 0.381. The molecule has 7 heteroatoms. The Balaban J connectivity index is 1.40. The van der Waals surface area contributed by atoms with Gasteiger partial charge in [0.25, 0.3) is 5.91 Å². The fourth-order valence-corrected chi connectivity index (χ4v) is 3.71. The minimum atomic E-state index is -0.127. The van der Waals surface area contributed by atoms with Gasteiger partial charge in [0.05, 0.1) is 0 Å². The molecular formula is C21H22N6O. The third-order valence-electron chi connectivity index (χ3n) is 5.32. The summed E-state index contributed by atoms with van der Waals surface area (Å²) < 4.78 is 0. The number of anilines is 1. The average Bonchev–Trinajstić information content (AvgIpc) is 3.34. The van der Waals surface area contributed by atoms with Gasteiger partial charge in [0.1, 0.15) is 11.8 Å². The number of fused-ring (bicyclic) bond motifs is 1. The van der Waals surface area contributed by atoms with Gasteiger partial charge in [0, 0.05) is 31.3 Å². The number of aliphatic imine (C=N–C) groups is 1. The van der Waals surface area contributed by atoms with E-state index in [9.17, 15) is 4.79 Å². The Morgan fingerprint density at radius 1 is 1.32 bits per heavy atom. The van der Waals surface area contributed by atoms with Crippen LogP contribution in [0.5, 0.6) is 0 Å². The van der Waals surface area contributed by atoms with Crippen LogP contribution >= 0.6 is 0 Å². The van der Waals surface area contributed by atoms with Crippen molar-refractivity contribution < 1.29 is 4.79 Å². The molecule has 2 aliphatic heterocycles. The number of nitrogens with one attached hydrogen (secondary N) is 1. The highest BCUT2D eigenvalue weighted by Gasteiger charge is 2.30. The lowest BCUT2D eigenvalue weighted by Crippen LogP contribution is -2.38. The average molecular weight is 374 g/mol. The van der Waals surface area contributed by atoms with E-state index in [0.717, 1.165) is 24.4 Å². The highest BCUT2D eigenvalue weighted by molar-refractivity contribution is 5.99. The van der Waals surface area contributed by atoms with Crippen molar-refractivity contribution in [1.29, 1.82) is 5.26 Å². The van der Waals surface area contributed by atoms with E-state index < -0.39 is 0 Å². The van der Waals surface area contributed by atoms with Crippen LogP contribution in [0.4, 0.5) is 5.82 Å². The molecule has 1 amide bonds. The van der Waals surface area contributed by atoms with Gasteiger partial charge in [-0.25, -0.2) is 0 Å². The Hall–Kier alpha value is -3.27. The zero-order valence-corrected chi connectivity index (χ0v) is 16.0. The largest absolute Gasteiger partial charge is 0.353 e. The highest BCUT2D eigenvalue weighted by atomic mass is 16.2. The molecule has 4 rings (SSSR count). The second kappa shape index (κ2) is 7.39. The van der Waals surface area contributed by atoms with Crippen LogP contribution < -0.4 is 10.2 Å². The normalized spacial score (nSPS) is 23.1. The summed E-state index contributed by atoms with van der Waals surface area (Å²) in [5.41, 5.74) is 3.05. The summed E-state index contributed by atoms with van der Waals surface area (Å²) in [4.78, 5) is 19.2. The Labute approximate surface area is 164 Å². The van der Waals surface area contributed by atoms with Crippen molar-refractivity contribution in [2.75, 3.05) is 18.0 Å². The number of allylic oxidation sites excluding steroid dienone is 5. The lowest BCUT2D eigenvalue weighted by Gasteiger charge is -2.18. The molecule has 2 atom stereocenters. The number of carbonyl (C=O) groups excluding carboxylic acids is 1. The van der Waals surface area contributed by atoms with Gasteiger partial charge in [-0.15, -0.1) is 10.2 Å². The van der Waals surface area contributed by atoms with Crippen molar-refractivity contribution in [2.24, 2.45) is 16.8 Å². The summed E-state index contributed by atoms with van der Waals surface area (Å²) in [6.07, 6.45) is 8.97. The summed E-state index contributed by atoms with van der Waals surface area (Å²) >= 11 is 0. The topological polar surface area (TPSA) is 94.3 Å². The first-order valence-corrected chi connectivity index (χ1v) is 9.53. The molecule has 1 aromatic rings. The predicted octanol–water partition coefficient (Wildman–Crippen LogP) is 2.15. The summed E-state index contributed by atoms with van der Waals surface area (Å²) in [6, 6.07) is 5.44. The molecule has 0 bridgehead atoms. The number of aromatic nitrogens is 2. The number of rotatable bonds is 4. The monoisotopic (exact) mass is 374 g/mol. The van der Waals surface area contributed by atoms with Gasteiger partial charge in [-0.05, 0) is 35.6 Å². The van der Waals surface area contributed by atoms with Crippen LogP contribution in [-0.4, -0.2) is 41.5 Å². The number of nitriles is 1. The van der Waals surface area contributed by atoms with Crippen molar-refractivity contribution in [2.45, 2.75) is 26.3 Å². The van der Waals surface area contributed by atoms with Gasteiger partial charge in [0.15, 0.2) is 11.5 Å². The minimum Gasteiger partial charge on any atom is -0.353 e. The third kappa shape index (κ3) is 3.46. The van der Waals surface area contributed by atoms with E-state index in [1.807, 2.05) is 18.4 Å². The SMILES string of the molecule is CC(C)C1=CC2C=NC(C(=O)N[C@H]3CCN(c4ccc(C#N)nn4)C3)=C2C=C1. The van der Waals surface area contributed by atoms with Crippen molar-refractivity contribution in [3.63, 3.8) is 0 Å². The summed E-state index contributed by atoms with van der Waals surface area (Å²) in [5.74, 6) is 1.15. The van der Waals surface area contributed by atoms with Gasteiger partial charge in [-0.3, -0.25) is 9.79 Å². The first-order valence-electron chi connectivity index (χ1n) is 9.53. The quantitative estimate of drug-likeness (QED) is 0.871. The van der Waals surface area contributed by atoms with Crippen molar-refractivity contribution in [1.82, 2.24) is 15.5 Å². The highest BCUT2D eigenvalue weighted by Crippen LogP contribution is 2.31. The fourth-order valence-electron chi connectivity index (χ4n) is 3.71. The summed E-state index contributed by atoms with van der Waals surface area (Å²) in [5, 5.41) is 19.9. The van der Waals surface area contributed by atoms with Gasteiger partial charge in [0.2, 0.25) is 0 Å². The second-order valence-corrected chi connectivity index (χ2v) is 7.56. The molecule has 0 saturated carbocycles. The van der Waals surface area contributed by atoms with E-state index in [4.69, 9.17) is 5.26 Å². The number of amides is 1. The number of hydrogen-bond acceptors (Lipinski definition) is 6. The van der Waals surface area contributed by atoms with Crippen LogP contribution in [0.25, 0.3) is 0 Å². The van der Waals surface area contributed by atoms with Crippen LogP contribution in [0.15, 0.2) is 52.2 Å². The number of hydrogen-bond donors (Lipinski definition) is 1. The summed E-state index contributed by atoms with van der Waals surface area (Å²) in [7, 11) is 0. The number of nitrogens with zero attached hydrogens (tertiary/aromatic N) is 5. The molecule has 0 radical (unpaired) electrons. The second-order valence-electron chi connectivity index (χ2n) is 7.56. The molecule has 3 aliphatic rings. The molecule has 7 nitrogen and oxygen atoms in total.